The molecule has 3 heteroatoms. The van der Waals surface area contributed by atoms with E-state index in [4.69, 9.17) is 4.74 Å². The van der Waals surface area contributed by atoms with Gasteiger partial charge in [-0.05, 0) is 31.5 Å². The van der Waals surface area contributed by atoms with E-state index in [0.29, 0.717) is 5.56 Å². The van der Waals surface area contributed by atoms with E-state index in [2.05, 4.69) is 4.98 Å². The molecule has 1 aromatic carbocycles. The highest BCUT2D eigenvalue weighted by Crippen LogP contribution is 2.23. The second kappa shape index (κ2) is 3.93. The van der Waals surface area contributed by atoms with Gasteiger partial charge in [0.25, 0.3) is 0 Å². The summed E-state index contributed by atoms with van der Waals surface area (Å²) >= 11 is 0. The number of Topliss-reactive ketones (excluding diaryl/α,β-unsaturated/α-hetero) is 1. The van der Waals surface area contributed by atoms with Crippen LogP contribution in [0.25, 0.3) is 10.9 Å². The Kier molecular flexibility index (Phi) is 2.60. The number of nitrogens with zero attached hydrogens (tertiary/aromatic N) is 1. The number of aromatic nitrogens is 1. The molecule has 0 saturated heterocycles. The number of hydrogen-bond acceptors (Lipinski definition) is 3. The number of ketones is 1. The van der Waals surface area contributed by atoms with Crippen LogP contribution in [0.5, 0.6) is 5.75 Å². The fraction of sp³-hybridized carbons (Fsp3) is 0.231. The Balaban J connectivity index is 2.71. The third-order valence-electron chi connectivity index (χ3n) is 2.72. The molecule has 82 valence electrons. The maximum Gasteiger partial charge on any atom is 0.161 e. The number of benzene rings is 1. The highest BCUT2D eigenvalue weighted by Gasteiger charge is 2.08. The van der Waals surface area contributed by atoms with Crippen molar-refractivity contribution >= 4 is 16.7 Å². The summed E-state index contributed by atoms with van der Waals surface area (Å²) in [7, 11) is 1.62. The first-order valence-corrected chi connectivity index (χ1v) is 5.08. The summed E-state index contributed by atoms with van der Waals surface area (Å²) in [5.74, 6) is 0.817. The van der Waals surface area contributed by atoms with Crippen molar-refractivity contribution < 1.29 is 9.53 Å². The van der Waals surface area contributed by atoms with Crippen molar-refractivity contribution in [1.29, 1.82) is 0 Å². The van der Waals surface area contributed by atoms with Crippen LogP contribution in [0, 0.1) is 6.92 Å². The van der Waals surface area contributed by atoms with Crippen LogP contribution >= 0.6 is 0 Å². The maximum atomic E-state index is 11.4. The highest BCUT2D eigenvalue weighted by atomic mass is 16.5. The molecule has 0 fully saturated rings. The minimum absolute atomic E-state index is 0.0442. The molecular weight excluding hydrogens is 202 g/mol. The summed E-state index contributed by atoms with van der Waals surface area (Å²) < 4.78 is 5.13. The summed E-state index contributed by atoms with van der Waals surface area (Å²) in [6.07, 6.45) is 1.62. The monoisotopic (exact) mass is 215 g/mol. The fourth-order valence-electron chi connectivity index (χ4n) is 1.79. The summed E-state index contributed by atoms with van der Waals surface area (Å²) in [5.41, 5.74) is 2.50. The van der Waals surface area contributed by atoms with Crippen LogP contribution in [0.4, 0.5) is 0 Å². The van der Waals surface area contributed by atoms with Gasteiger partial charge >= 0.3 is 0 Å². The largest absolute Gasteiger partial charge is 0.497 e. The molecule has 0 aliphatic rings. The van der Waals surface area contributed by atoms with Gasteiger partial charge in [-0.1, -0.05) is 0 Å². The van der Waals surface area contributed by atoms with Crippen molar-refractivity contribution in [3.63, 3.8) is 0 Å². The van der Waals surface area contributed by atoms with Gasteiger partial charge in [0.2, 0.25) is 0 Å². The average molecular weight is 215 g/mol. The quantitative estimate of drug-likeness (QED) is 0.723. The van der Waals surface area contributed by atoms with Crippen LogP contribution in [0.1, 0.15) is 22.8 Å². The number of pyridine rings is 1. The smallest absolute Gasteiger partial charge is 0.161 e. The van der Waals surface area contributed by atoms with Gasteiger partial charge in [0.15, 0.2) is 5.78 Å². The normalized spacial score (nSPS) is 10.4. The molecule has 0 unspecified atom stereocenters. The molecule has 16 heavy (non-hydrogen) atoms. The van der Waals surface area contributed by atoms with Crippen LogP contribution in [-0.2, 0) is 0 Å². The molecular formula is C13H13NO2. The molecule has 0 radical (unpaired) electrons. The molecule has 0 N–H and O–H groups in total. The lowest BCUT2D eigenvalue weighted by Crippen LogP contribution is -1.98. The first kappa shape index (κ1) is 10.6. The summed E-state index contributed by atoms with van der Waals surface area (Å²) in [4.78, 5) is 15.6. The topological polar surface area (TPSA) is 39.2 Å². The number of aryl methyl sites for hydroxylation is 1. The van der Waals surface area contributed by atoms with Gasteiger partial charge in [-0.15, -0.1) is 0 Å². The van der Waals surface area contributed by atoms with Crippen molar-refractivity contribution in [2.24, 2.45) is 0 Å². The van der Waals surface area contributed by atoms with Crippen molar-refractivity contribution in [3.8, 4) is 5.75 Å². The fourth-order valence-corrected chi connectivity index (χ4v) is 1.79. The standard InChI is InChI=1S/C13H13NO2/c1-8-11-5-4-10(16-3)6-13(11)14-7-12(8)9(2)15/h4-7H,1-3H3. The lowest BCUT2D eigenvalue weighted by Gasteiger charge is -2.07. The van der Waals surface area contributed by atoms with Gasteiger partial charge in [0, 0.05) is 23.2 Å². The first-order valence-electron chi connectivity index (χ1n) is 5.08. The Morgan fingerprint density at radius 2 is 2.12 bits per heavy atom. The van der Waals surface area contributed by atoms with Gasteiger partial charge in [-0.3, -0.25) is 9.78 Å². The minimum atomic E-state index is 0.0442. The van der Waals surface area contributed by atoms with Crippen LogP contribution in [-0.4, -0.2) is 17.9 Å². The highest BCUT2D eigenvalue weighted by molar-refractivity contribution is 6.00. The number of hydrogen-bond donors (Lipinski definition) is 0. The zero-order valence-corrected chi connectivity index (χ0v) is 9.57. The Hall–Kier alpha value is -1.90. The van der Waals surface area contributed by atoms with Gasteiger partial charge in [-0.2, -0.15) is 0 Å². The molecule has 2 rings (SSSR count). The lowest BCUT2D eigenvalue weighted by atomic mass is 10.0. The van der Waals surface area contributed by atoms with Crippen molar-refractivity contribution in [2.75, 3.05) is 7.11 Å². The van der Waals surface area contributed by atoms with E-state index in [1.165, 1.54) is 0 Å². The van der Waals surface area contributed by atoms with Gasteiger partial charge in [0.1, 0.15) is 5.75 Å². The van der Waals surface area contributed by atoms with Gasteiger partial charge < -0.3 is 4.74 Å². The predicted molar refractivity (Wildman–Crippen MR) is 63.0 cm³/mol. The van der Waals surface area contributed by atoms with E-state index in [9.17, 15) is 4.79 Å². The second-order valence-corrected chi connectivity index (χ2v) is 3.74. The van der Waals surface area contributed by atoms with E-state index in [1.54, 1.807) is 20.2 Å². The average Bonchev–Trinajstić information content (AvgIpc) is 2.28. The van der Waals surface area contributed by atoms with Gasteiger partial charge in [0.05, 0.1) is 12.6 Å². The number of ether oxygens (including phenoxy) is 1. The molecule has 0 bridgehead atoms. The molecule has 0 spiro atoms. The summed E-state index contributed by atoms with van der Waals surface area (Å²) in [5, 5.41) is 0.994. The van der Waals surface area contributed by atoms with E-state index in [0.717, 1.165) is 22.2 Å². The number of methoxy groups -OCH3 is 1. The Labute approximate surface area is 94.1 Å². The van der Waals surface area contributed by atoms with Crippen LogP contribution < -0.4 is 4.74 Å². The lowest BCUT2D eigenvalue weighted by molar-refractivity contribution is 0.101. The molecule has 0 saturated carbocycles. The van der Waals surface area contributed by atoms with Gasteiger partial charge in [-0.25, -0.2) is 0 Å². The van der Waals surface area contributed by atoms with Crippen LogP contribution in [0.3, 0.4) is 0 Å². The molecule has 0 amide bonds. The second-order valence-electron chi connectivity index (χ2n) is 3.74. The van der Waals surface area contributed by atoms with Crippen LogP contribution in [0.2, 0.25) is 0 Å². The molecule has 0 aliphatic heterocycles. The first-order chi connectivity index (χ1) is 7.63. The number of rotatable bonds is 2. The molecule has 1 heterocycles. The predicted octanol–water partition coefficient (Wildman–Crippen LogP) is 2.75. The molecule has 0 atom stereocenters. The SMILES string of the molecule is COc1ccc2c(C)c(C(C)=O)cnc2c1. The van der Waals surface area contributed by atoms with E-state index < -0.39 is 0 Å². The molecule has 3 nitrogen and oxygen atoms in total. The van der Waals surface area contributed by atoms with Crippen molar-refractivity contribution in [3.05, 3.63) is 35.5 Å². The Morgan fingerprint density at radius 1 is 1.38 bits per heavy atom. The number of fused-ring (bicyclic) bond motifs is 1. The Morgan fingerprint density at radius 3 is 2.75 bits per heavy atom. The summed E-state index contributed by atoms with van der Waals surface area (Å²) in [6.45, 7) is 3.49. The molecule has 1 aromatic heterocycles. The van der Waals surface area contributed by atoms with Crippen molar-refractivity contribution in [2.45, 2.75) is 13.8 Å². The zero-order valence-electron chi connectivity index (χ0n) is 9.57. The molecule has 0 aliphatic carbocycles. The minimum Gasteiger partial charge on any atom is -0.497 e. The van der Waals surface area contributed by atoms with E-state index >= 15 is 0 Å². The third kappa shape index (κ3) is 1.65. The Bertz CT molecular complexity index is 561. The summed E-state index contributed by atoms with van der Waals surface area (Å²) in [6, 6.07) is 5.68. The van der Waals surface area contributed by atoms with Crippen molar-refractivity contribution in [1.82, 2.24) is 4.98 Å². The maximum absolute atomic E-state index is 11.4. The third-order valence-corrected chi connectivity index (χ3v) is 2.72. The molecule has 2 aromatic rings. The van der Waals surface area contributed by atoms with Crippen LogP contribution in [0.15, 0.2) is 24.4 Å². The zero-order chi connectivity index (χ0) is 11.7. The number of carbonyl (C=O) groups excluding carboxylic acids is 1. The number of carbonyl (C=O) groups is 1. The van der Waals surface area contributed by atoms with E-state index in [-0.39, 0.29) is 5.78 Å². The van der Waals surface area contributed by atoms with E-state index in [1.807, 2.05) is 25.1 Å².